The molecule has 3 atom stereocenters. The van der Waals surface area contributed by atoms with Crippen LogP contribution in [0.1, 0.15) is 13.3 Å². The highest BCUT2D eigenvalue weighted by atomic mass is 16.5. The number of ether oxygens (including phenoxy) is 1. The summed E-state index contributed by atoms with van der Waals surface area (Å²) in [7, 11) is 1.74. The van der Waals surface area contributed by atoms with Gasteiger partial charge >= 0.3 is 0 Å². The summed E-state index contributed by atoms with van der Waals surface area (Å²) < 4.78 is 5.38. The van der Waals surface area contributed by atoms with Gasteiger partial charge in [-0.2, -0.15) is 5.26 Å². The van der Waals surface area contributed by atoms with E-state index < -0.39 is 0 Å². The van der Waals surface area contributed by atoms with Crippen molar-refractivity contribution in [2.24, 2.45) is 11.7 Å². The topological polar surface area (TPSA) is 62.3 Å². The number of hydrogen-bond donors (Lipinski definition) is 1. The van der Waals surface area contributed by atoms with E-state index in [1.807, 2.05) is 0 Å². The molecule has 3 unspecified atom stereocenters. The SMILES string of the molecule is COC1CN(CC(N)C#N)CCC1C. The van der Waals surface area contributed by atoms with Crippen LogP contribution in [-0.2, 0) is 4.74 Å². The molecule has 4 nitrogen and oxygen atoms in total. The summed E-state index contributed by atoms with van der Waals surface area (Å²) in [6.07, 6.45) is 1.41. The molecule has 0 aliphatic carbocycles. The normalized spacial score (nSPS) is 31.0. The third-order valence-electron chi connectivity index (χ3n) is 2.90. The number of likely N-dealkylation sites (tertiary alicyclic amines) is 1. The van der Waals surface area contributed by atoms with Crippen LogP contribution in [0.4, 0.5) is 0 Å². The Morgan fingerprint density at radius 2 is 2.43 bits per heavy atom. The molecule has 2 N–H and O–H groups in total. The van der Waals surface area contributed by atoms with E-state index in [1.165, 1.54) is 0 Å². The second-order valence-corrected chi connectivity index (χ2v) is 4.04. The summed E-state index contributed by atoms with van der Waals surface area (Å²) in [6, 6.07) is 1.68. The first-order valence-electron chi connectivity index (χ1n) is 5.07. The maximum absolute atomic E-state index is 8.61. The molecular weight excluding hydrogens is 178 g/mol. The Morgan fingerprint density at radius 1 is 1.71 bits per heavy atom. The Kier molecular flexibility index (Phi) is 4.33. The highest BCUT2D eigenvalue weighted by molar-refractivity contribution is 4.91. The van der Waals surface area contributed by atoms with Crippen molar-refractivity contribution in [1.29, 1.82) is 5.26 Å². The Morgan fingerprint density at radius 3 is 3.00 bits per heavy atom. The van der Waals surface area contributed by atoms with E-state index in [4.69, 9.17) is 15.7 Å². The van der Waals surface area contributed by atoms with Crippen LogP contribution < -0.4 is 5.73 Å². The number of nitriles is 1. The van der Waals surface area contributed by atoms with Crippen molar-refractivity contribution < 1.29 is 4.74 Å². The Hall–Kier alpha value is -0.630. The molecule has 0 aromatic heterocycles. The van der Waals surface area contributed by atoms with Crippen molar-refractivity contribution in [2.75, 3.05) is 26.7 Å². The van der Waals surface area contributed by atoms with E-state index in [0.29, 0.717) is 12.5 Å². The Bertz CT molecular complexity index is 214. The van der Waals surface area contributed by atoms with E-state index in [2.05, 4.69) is 17.9 Å². The van der Waals surface area contributed by atoms with Crippen molar-refractivity contribution in [3.8, 4) is 6.07 Å². The molecule has 1 aliphatic heterocycles. The summed E-state index contributed by atoms with van der Waals surface area (Å²) in [4.78, 5) is 2.21. The predicted octanol–water partition coefficient (Wildman–Crippen LogP) is 0.194. The molecule has 1 heterocycles. The fourth-order valence-electron chi connectivity index (χ4n) is 1.89. The van der Waals surface area contributed by atoms with Gasteiger partial charge in [-0.05, 0) is 18.9 Å². The maximum atomic E-state index is 8.61. The van der Waals surface area contributed by atoms with E-state index in [-0.39, 0.29) is 12.1 Å². The van der Waals surface area contributed by atoms with Gasteiger partial charge in [-0.3, -0.25) is 4.90 Å². The number of nitrogens with two attached hydrogens (primary N) is 1. The van der Waals surface area contributed by atoms with Crippen LogP contribution in [0.2, 0.25) is 0 Å². The number of methoxy groups -OCH3 is 1. The molecule has 14 heavy (non-hydrogen) atoms. The fourth-order valence-corrected chi connectivity index (χ4v) is 1.89. The number of hydrogen-bond acceptors (Lipinski definition) is 4. The van der Waals surface area contributed by atoms with Crippen molar-refractivity contribution in [3.05, 3.63) is 0 Å². The third kappa shape index (κ3) is 2.95. The quantitative estimate of drug-likeness (QED) is 0.701. The van der Waals surface area contributed by atoms with Gasteiger partial charge in [0.2, 0.25) is 0 Å². The third-order valence-corrected chi connectivity index (χ3v) is 2.90. The maximum Gasteiger partial charge on any atom is 0.106 e. The zero-order chi connectivity index (χ0) is 10.6. The van der Waals surface area contributed by atoms with Crippen molar-refractivity contribution in [3.63, 3.8) is 0 Å². The molecule has 0 amide bonds. The van der Waals surface area contributed by atoms with Crippen LogP contribution in [0, 0.1) is 17.2 Å². The van der Waals surface area contributed by atoms with Crippen LogP contribution >= 0.6 is 0 Å². The highest BCUT2D eigenvalue weighted by Gasteiger charge is 2.26. The van der Waals surface area contributed by atoms with E-state index in [0.717, 1.165) is 19.5 Å². The van der Waals surface area contributed by atoms with Crippen molar-refractivity contribution in [1.82, 2.24) is 4.90 Å². The van der Waals surface area contributed by atoms with Gasteiger partial charge in [0, 0.05) is 20.2 Å². The lowest BCUT2D eigenvalue weighted by Crippen LogP contribution is -2.47. The van der Waals surface area contributed by atoms with E-state index in [9.17, 15) is 0 Å². The highest BCUT2D eigenvalue weighted by Crippen LogP contribution is 2.19. The van der Waals surface area contributed by atoms with Gasteiger partial charge in [-0.25, -0.2) is 0 Å². The lowest BCUT2D eigenvalue weighted by Gasteiger charge is -2.36. The molecule has 0 aromatic carbocycles. The molecule has 80 valence electrons. The Labute approximate surface area is 85.6 Å². The van der Waals surface area contributed by atoms with Crippen LogP contribution in [0.5, 0.6) is 0 Å². The molecule has 0 aromatic rings. The van der Waals surface area contributed by atoms with Gasteiger partial charge in [0.1, 0.15) is 6.04 Å². The summed E-state index contributed by atoms with van der Waals surface area (Å²) in [6.45, 7) is 4.78. The summed E-state index contributed by atoms with van der Waals surface area (Å²) in [5, 5.41) is 8.61. The van der Waals surface area contributed by atoms with Crippen LogP contribution in [-0.4, -0.2) is 43.8 Å². The lowest BCUT2D eigenvalue weighted by molar-refractivity contribution is -0.00517. The van der Waals surface area contributed by atoms with Crippen LogP contribution in [0.15, 0.2) is 0 Å². The van der Waals surface area contributed by atoms with E-state index >= 15 is 0 Å². The van der Waals surface area contributed by atoms with Gasteiger partial charge in [0.25, 0.3) is 0 Å². The van der Waals surface area contributed by atoms with E-state index in [1.54, 1.807) is 7.11 Å². The first-order valence-corrected chi connectivity index (χ1v) is 5.07. The van der Waals surface area contributed by atoms with Gasteiger partial charge in [-0.15, -0.1) is 0 Å². The van der Waals surface area contributed by atoms with Crippen molar-refractivity contribution in [2.45, 2.75) is 25.5 Å². The number of rotatable bonds is 3. The van der Waals surface area contributed by atoms with Gasteiger partial charge in [0.05, 0.1) is 12.2 Å². The predicted molar refractivity (Wildman–Crippen MR) is 54.6 cm³/mol. The second kappa shape index (κ2) is 5.30. The zero-order valence-electron chi connectivity index (χ0n) is 8.94. The monoisotopic (exact) mass is 197 g/mol. The molecule has 0 spiro atoms. The number of piperidine rings is 1. The minimum absolute atomic E-state index is 0.287. The first kappa shape index (κ1) is 11.4. The molecule has 4 heteroatoms. The molecule has 1 aliphatic rings. The largest absolute Gasteiger partial charge is 0.380 e. The minimum Gasteiger partial charge on any atom is -0.380 e. The Balaban J connectivity index is 2.39. The number of nitrogens with zero attached hydrogens (tertiary/aromatic N) is 2. The fraction of sp³-hybridized carbons (Fsp3) is 0.900. The van der Waals surface area contributed by atoms with Crippen molar-refractivity contribution >= 4 is 0 Å². The molecular formula is C10H19N3O. The summed E-state index contributed by atoms with van der Waals surface area (Å²) in [5.74, 6) is 0.606. The molecule has 1 saturated heterocycles. The second-order valence-electron chi connectivity index (χ2n) is 4.04. The van der Waals surface area contributed by atoms with Crippen LogP contribution in [0.25, 0.3) is 0 Å². The molecule has 0 radical (unpaired) electrons. The van der Waals surface area contributed by atoms with Gasteiger partial charge in [-0.1, -0.05) is 6.92 Å². The average molecular weight is 197 g/mol. The van der Waals surface area contributed by atoms with Gasteiger partial charge in [0.15, 0.2) is 0 Å². The standard InChI is InChI=1S/C10H19N3O/c1-8-3-4-13(6-9(12)5-11)7-10(8)14-2/h8-10H,3-4,6-7,12H2,1-2H3. The average Bonchev–Trinajstić information content (AvgIpc) is 2.20. The summed E-state index contributed by atoms with van der Waals surface area (Å²) in [5.41, 5.74) is 5.58. The molecule has 0 bridgehead atoms. The smallest absolute Gasteiger partial charge is 0.106 e. The molecule has 1 rings (SSSR count). The molecule has 0 saturated carbocycles. The summed E-state index contributed by atoms with van der Waals surface area (Å²) >= 11 is 0. The molecule has 1 fully saturated rings. The minimum atomic E-state index is -0.374. The lowest BCUT2D eigenvalue weighted by atomic mass is 9.95. The van der Waals surface area contributed by atoms with Crippen LogP contribution in [0.3, 0.4) is 0 Å². The first-order chi connectivity index (χ1) is 6.67. The van der Waals surface area contributed by atoms with Gasteiger partial charge < -0.3 is 10.5 Å². The zero-order valence-corrected chi connectivity index (χ0v) is 8.94.